The molecule has 8 nitrogen and oxygen atoms in total. The molecule has 6 rings (SSSR count). The number of fused-ring (bicyclic) bond motifs is 2. The van der Waals surface area contributed by atoms with Crippen molar-refractivity contribution < 1.29 is 9.26 Å². The third-order valence-corrected chi connectivity index (χ3v) is 7.38. The highest BCUT2D eigenvalue weighted by Crippen LogP contribution is 2.44. The van der Waals surface area contributed by atoms with E-state index in [0.717, 1.165) is 55.6 Å². The average Bonchev–Trinajstić information content (AvgIpc) is 3.27. The predicted molar refractivity (Wildman–Crippen MR) is 125 cm³/mol. The average molecular weight is 467 g/mol. The zero-order valence-corrected chi connectivity index (χ0v) is 19.5. The third kappa shape index (κ3) is 3.80. The molecule has 2 aromatic heterocycles. The first-order valence-electron chi connectivity index (χ1n) is 11.8. The van der Waals surface area contributed by atoms with Crippen molar-refractivity contribution in [2.45, 2.75) is 76.5 Å². The summed E-state index contributed by atoms with van der Waals surface area (Å²) in [6, 6.07) is 7.25. The van der Waals surface area contributed by atoms with E-state index in [2.05, 4.69) is 43.3 Å². The van der Waals surface area contributed by atoms with E-state index in [4.69, 9.17) is 20.9 Å². The van der Waals surface area contributed by atoms with Crippen molar-refractivity contribution in [2.24, 2.45) is 0 Å². The maximum atomic E-state index is 6.47. The number of nitrogens with zero attached hydrogens (tertiary/aromatic N) is 5. The van der Waals surface area contributed by atoms with Crippen molar-refractivity contribution >= 4 is 29.1 Å². The first-order chi connectivity index (χ1) is 16.1. The minimum Gasteiger partial charge on any atom is -0.472 e. The van der Waals surface area contributed by atoms with Gasteiger partial charge in [0.15, 0.2) is 5.82 Å². The summed E-state index contributed by atoms with van der Waals surface area (Å²) >= 11 is 6.47. The monoisotopic (exact) mass is 466 g/mol. The standard InChI is InChI=1S/C24H27ClN6O2/c1-3-14-4-8-18(17(25)10-14)28-21-13(2)23(27-12-26-21)32-20-11-16-7-9-19(20)31(16)24-29-22(30-33-24)15-5-6-15/h4,8,10,12,15-16,19-20H,3,5-7,9,11H2,1-2H3,(H,26,27,28)/t16?,19?,20-/m0/s1. The quantitative estimate of drug-likeness (QED) is 0.508. The molecule has 0 radical (unpaired) electrons. The highest BCUT2D eigenvalue weighted by molar-refractivity contribution is 6.33. The molecule has 1 aromatic carbocycles. The van der Waals surface area contributed by atoms with Crippen LogP contribution in [0, 0.1) is 6.92 Å². The van der Waals surface area contributed by atoms with Crippen LogP contribution in [0.4, 0.5) is 17.5 Å². The van der Waals surface area contributed by atoms with Crippen LogP contribution < -0.4 is 15.0 Å². The fourth-order valence-corrected chi connectivity index (χ4v) is 5.28. The first-order valence-corrected chi connectivity index (χ1v) is 12.1. The van der Waals surface area contributed by atoms with Gasteiger partial charge in [0.2, 0.25) is 5.88 Å². The number of nitrogens with one attached hydrogen (secondary N) is 1. The largest absolute Gasteiger partial charge is 0.472 e. The number of ether oxygens (including phenoxy) is 1. The summed E-state index contributed by atoms with van der Waals surface area (Å²) < 4.78 is 12.1. The van der Waals surface area contributed by atoms with Gasteiger partial charge in [0.25, 0.3) is 0 Å². The van der Waals surface area contributed by atoms with Crippen LogP contribution in [0.3, 0.4) is 0 Å². The van der Waals surface area contributed by atoms with Crippen LogP contribution in [-0.2, 0) is 6.42 Å². The molecule has 2 bridgehead atoms. The van der Waals surface area contributed by atoms with E-state index in [1.165, 1.54) is 11.9 Å². The van der Waals surface area contributed by atoms with Gasteiger partial charge in [0.05, 0.1) is 22.3 Å². The zero-order valence-electron chi connectivity index (χ0n) is 18.8. The molecule has 3 atom stereocenters. The Balaban J connectivity index is 1.19. The fraction of sp³-hybridized carbons (Fsp3) is 0.500. The smallest absolute Gasteiger partial charge is 0.324 e. The second-order valence-electron chi connectivity index (χ2n) is 9.25. The minimum atomic E-state index is 0.0221. The molecule has 2 unspecified atom stereocenters. The normalized spacial score (nSPS) is 23.8. The van der Waals surface area contributed by atoms with E-state index in [0.29, 0.717) is 34.7 Å². The van der Waals surface area contributed by atoms with Crippen LogP contribution in [0.5, 0.6) is 5.88 Å². The molecule has 9 heteroatoms. The molecule has 2 saturated heterocycles. The Morgan fingerprint density at radius 1 is 1.21 bits per heavy atom. The van der Waals surface area contributed by atoms with Crippen LogP contribution in [0.25, 0.3) is 0 Å². The molecule has 3 aromatic rings. The van der Waals surface area contributed by atoms with Gasteiger partial charge in [-0.1, -0.05) is 29.7 Å². The molecule has 33 heavy (non-hydrogen) atoms. The summed E-state index contributed by atoms with van der Waals surface area (Å²) in [4.78, 5) is 15.8. The number of aromatic nitrogens is 4. The Bertz CT molecular complexity index is 1180. The number of anilines is 3. The molecule has 1 saturated carbocycles. The molecule has 4 heterocycles. The van der Waals surface area contributed by atoms with E-state index < -0.39 is 0 Å². The Labute approximate surface area is 197 Å². The van der Waals surface area contributed by atoms with Gasteiger partial charge in [0.1, 0.15) is 18.2 Å². The van der Waals surface area contributed by atoms with Gasteiger partial charge in [-0.3, -0.25) is 0 Å². The second kappa shape index (κ2) is 8.17. The molecule has 1 aliphatic carbocycles. The van der Waals surface area contributed by atoms with Crippen molar-refractivity contribution in [3.63, 3.8) is 0 Å². The van der Waals surface area contributed by atoms with Crippen molar-refractivity contribution in [3.05, 3.63) is 46.5 Å². The van der Waals surface area contributed by atoms with Crippen molar-refractivity contribution in [3.8, 4) is 5.88 Å². The zero-order chi connectivity index (χ0) is 22.5. The lowest BCUT2D eigenvalue weighted by Crippen LogP contribution is -2.35. The SMILES string of the molecule is CCc1ccc(Nc2ncnc(O[C@H]3CC4CCC3N4c3nc(C4CC4)no3)c2C)c(Cl)c1. The molecular weight excluding hydrogens is 440 g/mol. The van der Waals surface area contributed by atoms with E-state index >= 15 is 0 Å². The maximum Gasteiger partial charge on any atom is 0.324 e. The van der Waals surface area contributed by atoms with Gasteiger partial charge in [0, 0.05) is 18.4 Å². The highest BCUT2D eigenvalue weighted by Gasteiger charge is 2.50. The predicted octanol–water partition coefficient (Wildman–Crippen LogP) is 5.19. The van der Waals surface area contributed by atoms with Gasteiger partial charge in [-0.05, 0) is 56.7 Å². The molecular formula is C24H27ClN6O2. The third-order valence-electron chi connectivity index (χ3n) is 7.07. The van der Waals surface area contributed by atoms with Crippen LogP contribution in [-0.4, -0.2) is 38.3 Å². The topological polar surface area (TPSA) is 89.2 Å². The second-order valence-corrected chi connectivity index (χ2v) is 9.66. The lowest BCUT2D eigenvalue weighted by atomic mass is 9.98. The summed E-state index contributed by atoms with van der Waals surface area (Å²) in [6.45, 7) is 4.08. The lowest BCUT2D eigenvalue weighted by Gasteiger charge is -2.24. The summed E-state index contributed by atoms with van der Waals surface area (Å²) in [6.07, 6.45) is 7.90. The van der Waals surface area contributed by atoms with Crippen molar-refractivity contribution in [2.75, 3.05) is 10.2 Å². The van der Waals surface area contributed by atoms with Crippen LogP contribution in [0.1, 0.15) is 61.9 Å². The molecule has 0 amide bonds. The van der Waals surface area contributed by atoms with Crippen LogP contribution >= 0.6 is 11.6 Å². The highest BCUT2D eigenvalue weighted by atomic mass is 35.5. The Morgan fingerprint density at radius 2 is 2.09 bits per heavy atom. The number of rotatable bonds is 7. The summed E-state index contributed by atoms with van der Waals surface area (Å²) in [5, 5.41) is 8.21. The number of benzene rings is 1. The number of hydrogen-bond donors (Lipinski definition) is 1. The number of hydrogen-bond acceptors (Lipinski definition) is 8. The first kappa shape index (κ1) is 20.7. The van der Waals surface area contributed by atoms with Gasteiger partial charge in [-0.25, -0.2) is 9.97 Å². The van der Waals surface area contributed by atoms with Crippen molar-refractivity contribution in [1.29, 1.82) is 0 Å². The molecule has 1 N–H and O–H groups in total. The Kier molecular flexibility index (Phi) is 5.13. The molecule has 2 aliphatic heterocycles. The van der Waals surface area contributed by atoms with Gasteiger partial charge < -0.3 is 19.5 Å². The minimum absolute atomic E-state index is 0.0221. The number of halogens is 1. The van der Waals surface area contributed by atoms with Crippen LogP contribution in [0.15, 0.2) is 29.0 Å². The fourth-order valence-electron chi connectivity index (χ4n) is 5.03. The van der Waals surface area contributed by atoms with E-state index in [1.54, 1.807) is 0 Å². The van der Waals surface area contributed by atoms with Crippen molar-refractivity contribution in [1.82, 2.24) is 20.1 Å². The summed E-state index contributed by atoms with van der Waals surface area (Å²) in [7, 11) is 0. The summed E-state index contributed by atoms with van der Waals surface area (Å²) in [5.41, 5.74) is 2.87. The summed E-state index contributed by atoms with van der Waals surface area (Å²) in [5.74, 6) is 2.62. The van der Waals surface area contributed by atoms with E-state index in [1.807, 2.05) is 19.1 Å². The Hall–Kier alpha value is -2.87. The Morgan fingerprint density at radius 3 is 2.88 bits per heavy atom. The molecule has 3 fully saturated rings. The molecule has 172 valence electrons. The van der Waals surface area contributed by atoms with E-state index in [-0.39, 0.29) is 12.1 Å². The van der Waals surface area contributed by atoms with Crippen LogP contribution in [0.2, 0.25) is 5.02 Å². The lowest BCUT2D eigenvalue weighted by molar-refractivity contribution is 0.164. The molecule has 3 aliphatic rings. The molecule has 0 spiro atoms. The number of aryl methyl sites for hydroxylation is 1. The van der Waals surface area contributed by atoms with Gasteiger partial charge in [-0.15, -0.1) is 0 Å². The van der Waals surface area contributed by atoms with E-state index in [9.17, 15) is 0 Å². The van der Waals surface area contributed by atoms with Gasteiger partial charge >= 0.3 is 6.01 Å². The maximum absolute atomic E-state index is 6.47. The van der Waals surface area contributed by atoms with Gasteiger partial charge in [-0.2, -0.15) is 4.98 Å².